The summed E-state index contributed by atoms with van der Waals surface area (Å²) in [6.07, 6.45) is 4.69. The zero-order chi connectivity index (χ0) is 23.2. The lowest BCUT2D eigenvalue weighted by Crippen LogP contribution is -2.15. The Bertz CT molecular complexity index is 1170. The Morgan fingerprint density at radius 1 is 1.21 bits per heavy atom. The van der Waals surface area contributed by atoms with Crippen molar-refractivity contribution in [3.63, 3.8) is 0 Å². The molecule has 1 heterocycles. The van der Waals surface area contributed by atoms with Gasteiger partial charge in [-0.25, -0.2) is 0 Å². The summed E-state index contributed by atoms with van der Waals surface area (Å²) >= 11 is 5.51. The first kappa shape index (κ1) is 23.6. The summed E-state index contributed by atoms with van der Waals surface area (Å²) in [5, 5.41) is 9.11. The molecular formula is C28H27BrO3S. The van der Waals surface area contributed by atoms with Crippen LogP contribution < -0.4 is 4.74 Å². The molecule has 0 radical (unpaired) electrons. The second-order valence-corrected chi connectivity index (χ2v) is 11.1. The molecule has 0 fully saturated rings. The van der Waals surface area contributed by atoms with Gasteiger partial charge in [0.1, 0.15) is 12.4 Å². The van der Waals surface area contributed by atoms with E-state index in [2.05, 4.69) is 58.1 Å². The summed E-state index contributed by atoms with van der Waals surface area (Å²) in [5.74, 6) is 6.12. The third kappa shape index (κ3) is 6.50. The van der Waals surface area contributed by atoms with Gasteiger partial charge < -0.3 is 9.84 Å². The Kier molecular flexibility index (Phi) is 7.90. The van der Waals surface area contributed by atoms with E-state index in [1.807, 2.05) is 35.6 Å². The molecule has 4 rings (SSSR count). The molecule has 0 spiro atoms. The van der Waals surface area contributed by atoms with Gasteiger partial charge in [0.15, 0.2) is 0 Å². The molecule has 170 valence electrons. The molecule has 3 nitrogen and oxygen atoms in total. The molecule has 2 aromatic carbocycles. The van der Waals surface area contributed by atoms with Crippen LogP contribution in [0.3, 0.4) is 0 Å². The van der Waals surface area contributed by atoms with Gasteiger partial charge in [-0.05, 0) is 94.9 Å². The van der Waals surface area contributed by atoms with Gasteiger partial charge in [0, 0.05) is 4.88 Å². The van der Waals surface area contributed by atoms with Crippen molar-refractivity contribution in [2.24, 2.45) is 5.92 Å². The molecule has 0 bridgehead atoms. The number of fused-ring (bicyclic) bond motifs is 1. The first-order valence-electron chi connectivity index (χ1n) is 11.2. The largest absolute Gasteiger partial charge is 0.489 e. The Labute approximate surface area is 207 Å². The van der Waals surface area contributed by atoms with Crippen molar-refractivity contribution in [3.8, 4) is 17.6 Å². The van der Waals surface area contributed by atoms with Crippen molar-refractivity contribution in [1.82, 2.24) is 0 Å². The number of ether oxygens (including phenoxy) is 1. The normalized spacial score (nSPS) is 15.8. The number of hydrogen-bond donors (Lipinski definition) is 1. The van der Waals surface area contributed by atoms with Gasteiger partial charge in [-0.2, -0.15) is 0 Å². The first-order valence-corrected chi connectivity index (χ1v) is 12.8. The third-order valence-corrected chi connectivity index (χ3v) is 7.80. The van der Waals surface area contributed by atoms with E-state index in [1.54, 1.807) is 11.8 Å². The summed E-state index contributed by atoms with van der Waals surface area (Å²) < 4.78 is 7.25. The van der Waals surface area contributed by atoms with E-state index in [9.17, 15) is 4.79 Å². The summed E-state index contributed by atoms with van der Waals surface area (Å²) in [7, 11) is 0. The molecule has 1 aromatic heterocycles. The van der Waals surface area contributed by atoms with Crippen LogP contribution in [0.4, 0.5) is 0 Å². The highest BCUT2D eigenvalue weighted by molar-refractivity contribution is 9.11. The smallest absolute Gasteiger partial charge is 0.304 e. The Balaban J connectivity index is 1.34. The van der Waals surface area contributed by atoms with Gasteiger partial charge in [-0.3, -0.25) is 4.79 Å². The lowest BCUT2D eigenvalue weighted by Gasteiger charge is -2.22. The minimum absolute atomic E-state index is 0.000173. The highest BCUT2D eigenvalue weighted by atomic mass is 79.9. The third-order valence-electron chi connectivity index (χ3n) is 6.06. The van der Waals surface area contributed by atoms with Crippen LogP contribution in [0.2, 0.25) is 0 Å². The number of halogens is 1. The SMILES string of the molecule is CC#C[C@@H](CC(=O)O)c1ccc(OCc2cccc(CC3CCc4sc(Br)cc4C3)c2)cc1. The van der Waals surface area contributed by atoms with Crippen LogP contribution in [0.1, 0.15) is 52.8 Å². The predicted octanol–water partition coefficient (Wildman–Crippen LogP) is 7.02. The van der Waals surface area contributed by atoms with Crippen LogP contribution in [0, 0.1) is 17.8 Å². The Morgan fingerprint density at radius 2 is 2.00 bits per heavy atom. The summed E-state index contributed by atoms with van der Waals surface area (Å²) in [6, 6.07) is 18.6. The lowest BCUT2D eigenvalue weighted by molar-refractivity contribution is -0.137. The summed E-state index contributed by atoms with van der Waals surface area (Å²) in [6.45, 7) is 2.24. The van der Waals surface area contributed by atoms with Crippen LogP contribution in [0.15, 0.2) is 58.4 Å². The van der Waals surface area contributed by atoms with E-state index < -0.39 is 5.97 Å². The second kappa shape index (κ2) is 11.0. The molecule has 1 N–H and O–H groups in total. The summed E-state index contributed by atoms with van der Waals surface area (Å²) in [4.78, 5) is 12.6. The number of carboxylic acids is 1. The highest BCUT2D eigenvalue weighted by Crippen LogP contribution is 2.36. The van der Waals surface area contributed by atoms with E-state index in [4.69, 9.17) is 9.84 Å². The van der Waals surface area contributed by atoms with Crippen molar-refractivity contribution in [2.75, 3.05) is 0 Å². The molecule has 1 unspecified atom stereocenters. The number of carbonyl (C=O) groups is 1. The van der Waals surface area contributed by atoms with Gasteiger partial charge in [-0.1, -0.05) is 42.3 Å². The molecule has 0 saturated carbocycles. The average Bonchev–Trinajstić information content (AvgIpc) is 3.17. The quantitative estimate of drug-likeness (QED) is 0.323. The molecule has 0 amide bonds. The van der Waals surface area contributed by atoms with Gasteiger partial charge in [0.25, 0.3) is 0 Å². The van der Waals surface area contributed by atoms with Crippen molar-refractivity contribution in [2.45, 2.75) is 51.6 Å². The van der Waals surface area contributed by atoms with Crippen LogP contribution in [-0.4, -0.2) is 11.1 Å². The molecule has 1 aliphatic rings. The summed E-state index contributed by atoms with van der Waals surface area (Å²) in [5.41, 5.74) is 4.94. The number of hydrogen-bond acceptors (Lipinski definition) is 3. The molecule has 5 heteroatoms. The molecule has 2 atom stereocenters. The van der Waals surface area contributed by atoms with Crippen molar-refractivity contribution in [1.29, 1.82) is 0 Å². The van der Waals surface area contributed by atoms with Gasteiger partial charge in [-0.15, -0.1) is 17.3 Å². The highest BCUT2D eigenvalue weighted by Gasteiger charge is 2.21. The molecule has 0 saturated heterocycles. The number of aryl methyl sites for hydroxylation is 1. The minimum Gasteiger partial charge on any atom is -0.489 e. The molecule has 33 heavy (non-hydrogen) atoms. The topological polar surface area (TPSA) is 46.5 Å². The average molecular weight is 523 g/mol. The number of rotatable bonds is 8. The Morgan fingerprint density at radius 3 is 2.76 bits per heavy atom. The minimum atomic E-state index is -0.847. The van der Waals surface area contributed by atoms with Crippen LogP contribution in [0.25, 0.3) is 0 Å². The van der Waals surface area contributed by atoms with Crippen LogP contribution in [0.5, 0.6) is 5.75 Å². The zero-order valence-electron chi connectivity index (χ0n) is 18.6. The lowest BCUT2D eigenvalue weighted by atomic mass is 9.84. The number of thiophene rings is 1. The predicted molar refractivity (Wildman–Crippen MR) is 137 cm³/mol. The molecule has 3 aromatic rings. The maximum Gasteiger partial charge on any atom is 0.304 e. The standard InChI is InChI=1S/C28H27BrO3S/c1-2-4-23(17-28(30)31)22-8-10-25(11-9-22)32-18-21-6-3-5-19(14-21)13-20-7-12-26-24(15-20)16-27(29)33-26/h3,5-6,8-11,14,16,20,23H,7,12-13,15,17-18H2,1H3,(H,30,31)/t20?,23-/m0/s1. The molecule has 0 aliphatic heterocycles. The van der Waals surface area contributed by atoms with E-state index >= 15 is 0 Å². The van der Waals surface area contributed by atoms with Crippen molar-refractivity contribution in [3.05, 3.63) is 85.5 Å². The van der Waals surface area contributed by atoms with E-state index in [0.29, 0.717) is 12.5 Å². The van der Waals surface area contributed by atoms with Crippen LogP contribution in [-0.2, 0) is 30.7 Å². The second-order valence-electron chi connectivity index (χ2n) is 8.53. The first-order chi connectivity index (χ1) is 16.0. The number of benzene rings is 2. The van der Waals surface area contributed by atoms with Gasteiger partial charge in [0.05, 0.1) is 16.1 Å². The number of aliphatic carboxylic acids is 1. The van der Waals surface area contributed by atoms with Crippen molar-refractivity contribution >= 4 is 33.2 Å². The maximum atomic E-state index is 11.1. The fourth-order valence-corrected chi connectivity index (χ4v) is 6.27. The fourth-order valence-electron chi connectivity index (χ4n) is 4.48. The van der Waals surface area contributed by atoms with E-state index in [-0.39, 0.29) is 12.3 Å². The van der Waals surface area contributed by atoms with Crippen LogP contribution >= 0.6 is 27.3 Å². The van der Waals surface area contributed by atoms with E-state index in [1.165, 1.54) is 27.8 Å². The van der Waals surface area contributed by atoms with Gasteiger partial charge >= 0.3 is 5.97 Å². The Hall–Kier alpha value is -2.55. The van der Waals surface area contributed by atoms with E-state index in [0.717, 1.165) is 29.7 Å². The monoisotopic (exact) mass is 522 g/mol. The van der Waals surface area contributed by atoms with Gasteiger partial charge in [0.2, 0.25) is 0 Å². The van der Waals surface area contributed by atoms with Crippen molar-refractivity contribution < 1.29 is 14.6 Å². The number of carboxylic acid groups (broad SMARTS) is 1. The maximum absolute atomic E-state index is 11.1. The zero-order valence-corrected chi connectivity index (χ0v) is 21.0. The molecular weight excluding hydrogens is 496 g/mol. The fraction of sp³-hybridized carbons (Fsp3) is 0.321. The molecule has 1 aliphatic carbocycles.